The Morgan fingerprint density at radius 2 is 1.83 bits per heavy atom. The number of amides is 1. The normalized spacial score (nSPS) is 18.2. The van der Waals surface area contributed by atoms with Crippen molar-refractivity contribution in [3.05, 3.63) is 101 Å². The van der Waals surface area contributed by atoms with E-state index in [0.717, 1.165) is 5.56 Å². The molecule has 1 N–H and O–H groups in total. The molecule has 1 amide bonds. The molecule has 0 aliphatic carbocycles. The van der Waals surface area contributed by atoms with Gasteiger partial charge in [0.25, 0.3) is 11.7 Å². The fourth-order valence-corrected chi connectivity index (χ4v) is 3.34. The summed E-state index contributed by atoms with van der Waals surface area (Å²) in [5.41, 5.74) is 1.34. The zero-order valence-corrected chi connectivity index (χ0v) is 15.2. The van der Waals surface area contributed by atoms with Crippen LogP contribution in [0.3, 0.4) is 0 Å². The number of nitrogens with zero attached hydrogens (tertiary/aromatic N) is 3. The molecule has 0 radical (unpaired) electrons. The number of rotatable bonds is 4. The van der Waals surface area contributed by atoms with Crippen molar-refractivity contribution in [2.75, 3.05) is 0 Å². The molecule has 1 atom stereocenters. The standard InChI is InChI=1S/C22H16FN3O3/c23-16-8-6-15(7-9-16)20(27)18-19(17-5-1-2-11-25-17)26(22(29)21(18)28)13-14-4-3-10-24-12-14/h1-12,19,27H,13H2/b20-18-/t19-/m1/s1. The summed E-state index contributed by atoms with van der Waals surface area (Å²) in [5.74, 6) is -2.40. The van der Waals surface area contributed by atoms with Gasteiger partial charge in [0.2, 0.25) is 0 Å². The first-order valence-electron chi connectivity index (χ1n) is 8.90. The average molecular weight is 389 g/mol. The highest BCUT2D eigenvalue weighted by atomic mass is 19.1. The number of hydrogen-bond acceptors (Lipinski definition) is 5. The number of hydrogen-bond donors (Lipinski definition) is 1. The summed E-state index contributed by atoms with van der Waals surface area (Å²) < 4.78 is 13.3. The summed E-state index contributed by atoms with van der Waals surface area (Å²) in [5, 5.41) is 10.8. The molecular formula is C22H16FN3O3. The molecule has 2 aromatic heterocycles. The Balaban J connectivity index is 1.85. The molecule has 0 saturated carbocycles. The van der Waals surface area contributed by atoms with E-state index in [0.29, 0.717) is 5.69 Å². The largest absolute Gasteiger partial charge is 0.507 e. The third-order valence-electron chi connectivity index (χ3n) is 4.70. The van der Waals surface area contributed by atoms with Crippen LogP contribution in [0.5, 0.6) is 0 Å². The van der Waals surface area contributed by atoms with Crippen molar-refractivity contribution in [2.24, 2.45) is 0 Å². The summed E-state index contributed by atoms with van der Waals surface area (Å²) >= 11 is 0. The van der Waals surface area contributed by atoms with Crippen molar-refractivity contribution >= 4 is 17.4 Å². The predicted octanol–water partition coefficient (Wildman–Crippen LogP) is 3.24. The summed E-state index contributed by atoms with van der Waals surface area (Å²) in [4.78, 5) is 35.4. The number of aliphatic hydroxyl groups excluding tert-OH is 1. The number of pyridine rings is 2. The Bertz CT molecular complexity index is 1080. The molecule has 1 aromatic carbocycles. The highest BCUT2D eigenvalue weighted by Crippen LogP contribution is 2.39. The van der Waals surface area contributed by atoms with E-state index in [-0.39, 0.29) is 23.4 Å². The first-order chi connectivity index (χ1) is 14.1. The minimum Gasteiger partial charge on any atom is -0.507 e. The molecule has 3 aromatic rings. The predicted molar refractivity (Wildman–Crippen MR) is 103 cm³/mol. The van der Waals surface area contributed by atoms with E-state index in [1.807, 2.05) is 0 Å². The number of likely N-dealkylation sites (tertiary alicyclic amines) is 1. The van der Waals surface area contributed by atoms with Crippen molar-refractivity contribution in [3.8, 4) is 0 Å². The second-order valence-electron chi connectivity index (χ2n) is 6.55. The summed E-state index contributed by atoms with van der Waals surface area (Å²) in [7, 11) is 0. The van der Waals surface area contributed by atoms with Crippen LogP contribution >= 0.6 is 0 Å². The second kappa shape index (κ2) is 7.63. The van der Waals surface area contributed by atoms with Crippen LogP contribution in [0.2, 0.25) is 0 Å². The Kier molecular flexibility index (Phi) is 4.87. The minimum atomic E-state index is -0.874. The summed E-state index contributed by atoms with van der Waals surface area (Å²) in [6.45, 7) is 0.125. The lowest BCUT2D eigenvalue weighted by atomic mass is 9.98. The zero-order valence-electron chi connectivity index (χ0n) is 15.2. The Morgan fingerprint density at radius 3 is 2.48 bits per heavy atom. The van der Waals surface area contributed by atoms with Gasteiger partial charge in [0, 0.05) is 30.7 Å². The molecule has 0 unspecified atom stereocenters. The van der Waals surface area contributed by atoms with Crippen LogP contribution in [0.1, 0.15) is 22.9 Å². The third kappa shape index (κ3) is 3.50. The van der Waals surface area contributed by atoms with Gasteiger partial charge < -0.3 is 10.0 Å². The maximum absolute atomic E-state index is 13.3. The maximum atomic E-state index is 13.3. The van der Waals surface area contributed by atoms with Crippen LogP contribution < -0.4 is 0 Å². The summed E-state index contributed by atoms with van der Waals surface area (Å²) in [6.07, 6.45) is 4.77. The van der Waals surface area contributed by atoms with E-state index in [1.165, 1.54) is 29.2 Å². The lowest BCUT2D eigenvalue weighted by Gasteiger charge is -2.24. The molecule has 3 heterocycles. The van der Waals surface area contributed by atoms with E-state index in [4.69, 9.17) is 0 Å². The van der Waals surface area contributed by atoms with Gasteiger partial charge in [0.1, 0.15) is 17.6 Å². The van der Waals surface area contributed by atoms with Crippen molar-refractivity contribution in [2.45, 2.75) is 12.6 Å². The fourth-order valence-electron chi connectivity index (χ4n) is 3.34. The van der Waals surface area contributed by atoms with E-state index in [2.05, 4.69) is 9.97 Å². The van der Waals surface area contributed by atoms with Crippen LogP contribution in [-0.2, 0) is 16.1 Å². The Hall–Kier alpha value is -3.87. The first kappa shape index (κ1) is 18.5. The number of carbonyl (C=O) groups excluding carboxylic acids is 2. The van der Waals surface area contributed by atoms with E-state index in [1.54, 1.807) is 48.9 Å². The number of Topliss-reactive ketones (excluding diaryl/α,β-unsaturated/α-hetero) is 1. The molecule has 29 heavy (non-hydrogen) atoms. The molecule has 6 nitrogen and oxygen atoms in total. The topological polar surface area (TPSA) is 83.4 Å². The van der Waals surface area contributed by atoms with Crippen molar-refractivity contribution in [1.29, 1.82) is 0 Å². The van der Waals surface area contributed by atoms with Gasteiger partial charge in [-0.3, -0.25) is 19.6 Å². The van der Waals surface area contributed by atoms with Crippen LogP contribution in [0, 0.1) is 5.82 Å². The van der Waals surface area contributed by atoms with Gasteiger partial charge in [0.15, 0.2) is 0 Å². The number of aliphatic hydroxyl groups is 1. The van der Waals surface area contributed by atoms with Gasteiger partial charge in [-0.25, -0.2) is 4.39 Å². The second-order valence-corrected chi connectivity index (χ2v) is 6.55. The molecule has 4 rings (SSSR count). The maximum Gasteiger partial charge on any atom is 0.296 e. The zero-order chi connectivity index (χ0) is 20.4. The first-order valence-corrected chi connectivity index (χ1v) is 8.90. The number of benzene rings is 1. The van der Waals surface area contributed by atoms with E-state index >= 15 is 0 Å². The highest BCUT2D eigenvalue weighted by Gasteiger charge is 2.46. The lowest BCUT2D eigenvalue weighted by molar-refractivity contribution is -0.140. The minimum absolute atomic E-state index is 0.0794. The van der Waals surface area contributed by atoms with E-state index in [9.17, 15) is 19.1 Å². The number of halogens is 1. The number of aromatic nitrogens is 2. The smallest absolute Gasteiger partial charge is 0.296 e. The molecule has 1 aliphatic rings. The molecule has 7 heteroatoms. The van der Waals surface area contributed by atoms with E-state index < -0.39 is 23.5 Å². The average Bonchev–Trinajstić information content (AvgIpc) is 3.00. The Labute approximate surface area is 166 Å². The molecule has 1 fully saturated rings. The SMILES string of the molecule is O=C1C(=O)N(Cc2cccnc2)[C@H](c2ccccn2)/C1=C(/O)c1ccc(F)cc1. The van der Waals surface area contributed by atoms with Crippen molar-refractivity contribution in [1.82, 2.24) is 14.9 Å². The monoisotopic (exact) mass is 389 g/mol. The molecule has 0 bridgehead atoms. The van der Waals surface area contributed by atoms with Gasteiger partial charge in [-0.1, -0.05) is 12.1 Å². The van der Waals surface area contributed by atoms with Crippen molar-refractivity contribution < 1.29 is 19.1 Å². The summed E-state index contributed by atoms with van der Waals surface area (Å²) in [6, 6.07) is 12.9. The van der Waals surface area contributed by atoms with Gasteiger partial charge in [-0.05, 0) is 48.0 Å². The number of carbonyl (C=O) groups is 2. The molecule has 144 valence electrons. The quantitative estimate of drug-likeness (QED) is 0.421. The van der Waals surface area contributed by atoms with Crippen LogP contribution in [0.15, 0.2) is 78.8 Å². The third-order valence-corrected chi connectivity index (χ3v) is 4.70. The molecular weight excluding hydrogens is 373 g/mol. The van der Waals surface area contributed by atoms with Gasteiger partial charge in [0.05, 0.1) is 11.3 Å². The Morgan fingerprint density at radius 1 is 1.03 bits per heavy atom. The van der Waals surface area contributed by atoms with Gasteiger partial charge >= 0.3 is 0 Å². The molecule has 1 aliphatic heterocycles. The van der Waals surface area contributed by atoms with Gasteiger partial charge in [-0.2, -0.15) is 0 Å². The molecule has 0 spiro atoms. The van der Waals surface area contributed by atoms with Crippen molar-refractivity contribution in [3.63, 3.8) is 0 Å². The van der Waals surface area contributed by atoms with Crippen LogP contribution in [0.4, 0.5) is 4.39 Å². The lowest BCUT2D eigenvalue weighted by Crippen LogP contribution is -2.29. The van der Waals surface area contributed by atoms with Crippen LogP contribution in [-0.4, -0.2) is 31.7 Å². The number of ketones is 1. The van der Waals surface area contributed by atoms with Crippen LogP contribution in [0.25, 0.3) is 5.76 Å². The molecule has 1 saturated heterocycles. The van der Waals surface area contributed by atoms with Gasteiger partial charge in [-0.15, -0.1) is 0 Å². The highest BCUT2D eigenvalue weighted by molar-refractivity contribution is 6.46. The fraction of sp³-hybridized carbons (Fsp3) is 0.0909.